The lowest BCUT2D eigenvalue weighted by Gasteiger charge is -2.25. The van der Waals surface area contributed by atoms with Crippen LogP contribution in [0.15, 0.2) is 34.5 Å². The zero-order chi connectivity index (χ0) is 19.4. The van der Waals surface area contributed by atoms with Crippen LogP contribution in [0.25, 0.3) is 0 Å². The van der Waals surface area contributed by atoms with Gasteiger partial charge in [0.25, 0.3) is 5.91 Å². The van der Waals surface area contributed by atoms with Crippen LogP contribution in [-0.4, -0.2) is 38.3 Å². The highest BCUT2D eigenvalue weighted by Gasteiger charge is 2.30. The van der Waals surface area contributed by atoms with Crippen molar-refractivity contribution in [2.45, 2.75) is 30.6 Å². The van der Waals surface area contributed by atoms with Gasteiger partial charge in [0.1, 0.15) is 9.77 Å². The number of nitrogens with zero attached hydrogens (tertiary/aromatic N) is 1. The lowest BCUT2D eigenvalue weighted by molar-refractivity contribution is 0.0955. The van der Waals surface area contributed by atoms with Gasteiger partial charge in [0, 0.05) is 29.7 Å². The minimum Gasteiger partial charge on any atom is -0.351 e. The minimum absolute atomic E-state index is 0.0939. The Bertz CT molecular complexity index is 922. The average molecular weight is 447 g/mol. The number of benzene rings is 1. The first-order chi connectivity index (χ1) is 12.9. The third-order valence-electron chi connectivity index (χ3n) is 4.46. The number of rotatable bonds is 6. The second-order valence-electron chi connectivity index (χ2n) is 6.32. The van der Waals surface area contributed by atoms with Crippen LogP contribution in [0.1, 0.15) is 34.5 Å². The predicted octanol–water partition coefficient (Wildman–Crippen LogP) is 4.20. The molecule has 1 N–H and O–H groups in total. The Morgan fingerprint density at radius 2 is 1.89 bits per heavy atom. The second kappa shape index (κ2) is 8.92. The number of halogens is 2. The summed E-state index contributed by atoms with van der Waals surface area (Å²) in [5.41, 5.74) is 0.869. The molecule has 0 radical (unpaired) electrons. The fourth-order valence-corrected chi connectivity index (χ4v) is 6.36. The van der Waals surface area contributed by atoms with Crippen molar-refractivity contribution >= 4 is 50.5 Å². The fourth-order valence-electron chi connectivity index (χ4n) is 3.03. The Hall–Kier alpha value is -1.12. The molecule has 1 aliphatic heterocycles. The van der Waals surface area contributed by atoms with E-state index < -0.39 is 10.0 Å². The zero-order valence-corrected chi connectivity index (χ0v) is 17.7. The summed E-state index contributed by atoms with van der Waals surface area (Å²) in [7, 11) is -3.64. The maximum Gasteiger partial charge on any atom is 0.262 e. The highest BCUT2D eigenvalue weighted by Crippen LogP contribution is 2.27. The van der Waals surface area contributed by atoms with Crippen LogP contribution >= 0.6 is 34.5 Å². The summed E-state index contributed by atoms with van der Waals surface area (Å²) in [6.07, 6.45) is 3.27. The number of sulfonamides is 1. The van der Waals surface area contributed by atoms with Gasteiger partial charge in [-0.25, -0.2) is 8.42 Å². The Kier molecular flexibility index (Phi) is 6.81. The molecule has 1 aromatic heterocycles. The van der Waals surface area contributed by atoms with Crippen molar-refractivity contribution in [3.63, 3.8) is 0 Å². The molecule has 3 rings (SSSR count). The van der Waals surface area contributed by atoms with Gasteiger partial charge in [-0.05, 0) is 48.4 Å². The van der Waals surface area contributed by atoms with Gasteiger partial charge in [0.15, 0.2) is 0 Å². The van der Waals surface area contributed by atoms with E-state index in [1.165, 1.54) is 10.4 Å². The standard InChI is InChI=1S/C18H20Cl2N2O3S2/c19-14-5-4-13(15(20)12-14)6-8-21-18(23)17-16(7-11-26-17)27(24,25)22-9-2-1-3-10-22/h4-5,7,11-12H,1-3,6,8-10H2,(H,21,23). The lowest BCUT2D eigenvalue weighted by atomic mass is 10.1. The van der Waals surface area contributed by atoms with Crippen molar-refractivity contribution < 1.29 is 13.2 Å². The third kappa shape index (κ3) is 4.84. The molecule has 1 fully saturated rings. The van der Waals surface area contributed by atoms with Crippen LogP contribution in [0.4, 0.5) is 0 Å². The highest BCUT2D eigenvalue weighted by atomic mass is 35.5. The molecule has 0 saturated carbocycles. The average Bonchev–Trinajstić information content (AvgIpc) is 3.15. The molecule has 0 bridgehead atoms. The number of carbonyl (C=O) groups excluding carboxylic acids is 1. The van der Waals surface area contributed by atoms with Crippen molar-refractivity contribution in [2.75, 3.05) is 19.6 Å². The summed E-state index contributed by atoms with van der Waals surface area (Å²) in [5, 5.41) is 5.53. The molecule has 0 atom stereocenters. The Morgan fingerprint density at radius 1 is 1.15 bits per heavy atom. The van der Waals surface area contributed by atoms with E-state index in [1.807, 2.05) is 6.07 Å². The quantitative estimate of drug-likeness (QED) is 0.722. The van der Waals surface area contributed by atoms with E-state index in [2.05, 4.69) is 5.32 Å². The lowest BCUT2D eigenvalue weighted by Crippen LogP contribution is -2.36. The summed E-state index contributed by atoms with van der Waals surface area (Å²) < 4.78 is 27.2. The first-order valence-corrected chi connectivity index (χ1v) is 11.8. The minimum atomic E-state index is -3.64. The van der Waals surface area contributed by atoms with E-state index >= 15 is 0 Å². The number of amides is 1. The van der Waals surface area contributed by atoms with Gasteiger partial charge in [0.05, 0.1) is 0 Å². The summed E-state index contributed by atoms with van der Waals surface area (Å²) in [5.74, 6) is -0.384. The maximum atomic E-state index is 12.9. The summed E-state index contributed by atoms with van der Waals surface area (Å²) >= 11 is 13.2. The molecule has 0 unspecified atom stereocenters. The molecule has 9 heteroatoms. The van der Waals surface area contributed by atoms with E-state index in [0.717, 1.165) is 36.2 Å². The van der Waals surface area contributed by atoms with E-state index in [0.29, 0.717) is 36.1 Å². The first-order valence-electron chi connectivity index (χ1n) is 8.69. The van der Waals surface area contributed by atoms with Crippen molar-refractivity contribution in [1.82, 2.24) is 9.62 Å². The maximum absolute atomic E-state index is 12.9. The molecular formula is C18H20Cl2N2O3S2. The molecule has 2 heterocycles. The molecule has 5 nitrogen and oxygen atoms in total. The monoisotopic (exact) mass is 446 g/mol. The fraction of sp³-hybridized carbons (Fsp3) is 0.389. The normalized spacial score (nSPS) is 15.6. The van der Waals surface area contributed by atoms with Crippen LogP contribution < -0.4 is 5.32 Å². The SMILES string of the molecule is O=C(NCCc1ccc(Cl)cc1Cl)c1sccc1S(=O)(=O)N1CCCCC1. The number of piperidine rings is 1. The molecule has 1 aliphatic rings. The van der Waals surface area contributed by atoms with Crippen LogP contribution in [0, 0.1) is 0 Å². The van der Waals surface area contributed by atoms with Gasteiger partial charge in [-0.2, -0.15) is 4.31 Å². The Morgan fingerprint density at radius 3 is 2.59 bits per heavy atom. The number of carbonyl (C=O) groups is 1. The molecule has 1 aromatic carbocycles. The molecule has 146 valence electrons. The van der Waals surface area contributed by atoms with E-state index in [-0.39, 0.29) is 15.7 Å². The van der Waals surface area contributed by atoms with Crippen LogP contribution in [-0.2, 0) is 16.4 Å². The summed E-state index contributed by atoms with van der Waals surface area (Å²) in [4.78, 5) is 12.9. The topological polar surface area (TPSA) is 66.5 Å². The molecular weight excluding hydrogens is 427 g/mol. The Balaban J connectivity index is 1.67. The largest absolute Gasteiger partial charge is 0.351 e. The first kappa shape index (κ1) is 20.6. The van der Waals surface area contributed by atoms with Crippen LogP contribution in [0.3, 0.4) is 0 Å². The van der Waals surface area contributed by atoms with Crippen LogP contribution in [0.2, 0.25) is 10.0 Å². The molecule has 0 spiro atoms. The molecule has 0 aliphatic carbocycles. The van der Waals surface area contributed by atoms with Crippen molar-refractivity contribution in [3.8, 4) is 0 Å². The second-order valence-corrected chi connectivity index (χ2v) is 9.99. The van der Waals surface area contributed by atoms with Gasteiger partial charge in [0.2, 0.25) is 10.0 Å². The van der Waals surface area contributed by atoms with Crippen molar-refractivity contribution in [1.29, 1.82) is 0 Å². The predicted molar refractivity (Wildman–Crippen MR) is 109 cm³/mol. The van der Waals surface area contributed by atoms with Gasteiger partial charge in [-0.15, -0.1) is 11.3 Å². The summed E-state index contributed by atoms with van der Waals surface area (Å²) in [6.45, 7) is 1.36. The van der Waals surface area contributed by atoms with Gasteiger partial charge in [-0.1, -0.05) is 35.7 Å². The molecule has 1 amide bonds. The van der Waals surface area contributed by atoms with Gasteiger partial charge < -0.3 is 5.32 Å². The van der Waals surface area contributed by atoms with Gasteiger partial charge in [-0.3, -0.25) is 4.79 Å². The van der Waals surface area contributed by atoms with Crippen molar-refractivity contribution in [3.05, 3.63) is 50.1 Å². The van der Waals surface area contributed by atoms with E-state index in [1.54, 1.807) is 17.5 Å². The highest BCUT2D eigenvalue weighted by molar-refractivity contribution is 7.89. The number of thiophene rings is 1. The Labute approximate surface area is 173 Å². The van der Waals surface area contributed by atoms with Crippen LogP contribution in [0.5, 0.6) is 0 Å². The van der Waals surface area contributed by atoms with Crippen molar-refractivity contribution in [2.24, 2.45) is 0 Å². The van der Waals surface area contributed by atoms with Gasteiger partial charge >= 0.3 is 0 Å². The number of hydrogen-bond donors (Lipinski definition) is 1. The summed E-state index contributed by atoms with van der Waals surface area (Å²) in [6, 6.07) is 6.73. The molecule has 2 aromatic rings. The molecule has 27 heavy (non-hydrogen) atoms. The number of nitrogens with one attached hydrogen (secondary N) is 1. The zero-order valence-electron chi connectivity index (χ0n) is 14.6. The number of hydrogen-bond acceptors (Lipinski definition) is 4. The molecule has 1 saturated heterocycles. The third-order valence-corrected chi connectivity index (χ3v) is 8.03. The smallest absolute Gasteiger partial charge is 0.262 e. The van der Waals surface area contributed by atoms with E-state index in [9.17, 15) is 13.2 Å². The van der Waals surface area contributed by atoms with E-state index in [4.69, 9.17) is 23.2 Å².